The van der Waals surface area contributed by atoms with Crippen molar-refractivity contribution in [3.63, 3.8) is 0 Å². The summed E-state index contributed by atoms with van der Waals surface area (Å²) in [5.41, 5.74) is 0.605. The van der Waals surface area contributed by atoms with Crippen LogP contribution in [-0.4, -0.2) is 60.9 Å². The highest BCUT2D eigenvalue weighted by Gasteiger charge is 2.46. The van der Waals surface area contributed by atoms with Gasteiger partial charge in [-0.15, -0.1) is 0 Å². The molecule has 5 nitrogen and oxygen atoms in total. The molecule has 0 aliphatic carbocycles. The lowest BCUT2D eigenvalue weighted by Crippen LogP contribution is -2.52. The van der Waals surface area contributed by atoms with Crippen LogP contribution in [0.5, 0.6) is 0 Å². The first-order valence-electron chi connectivity index (χ1n) is 8.52. The number of likely N-dealkylation sites (tertiary alicyclic amines) is 1. The molecule has 0 radical (unpaired) electrons. The number of piperidine rings is 1. The number of nitrogens with one attached hydrogen (secondary N) is 1. The van der Waals surface area contributed by atoms with E-state index in [1.54, 1.807) is 4.90 Å². The summed E-state index contributed by atoms with van der Waals surface area (Å²) in [6, 6.07) is 10.1. The number of hydrogen-bond donors (Lipinski definition) is 2. The molecule has 3 rings (SSSR count). The Labute approximate surface area is 137 Å². The summed E-state index contributed by atoms with van der Waals surface area (Å²) in [6.45, 7) is 4.99. The number of amides is 1. The highest BCUT2D eigenvalue weighted by atomic mass is 16.5. The predicted molar refractivity (Wildman–Crippen MR) is 88.2 cm³/mol. The van der Waals surface area contributed by atoms with Crippen molar-refractivity contribution in [1.82, 2.24) is 10.2 Å². The van der Waals surface area contributed by atoms with Crippen molar-refractivity contribution in [3.8, 4) is 0 Å². The maximum atomic E-state index is 13.3. The number of benzene rings is 1. The molecule has 1 aromatic rings. The van der Waals surface area contributed by atoms with E-state index < -0.39 is 11.5 Å². The topological polar surface area (TPSA) is 61.8 Å². The normalized spacial score (nSPS) is 27.1. The lowest BCUT2D eigenvalue weighted by atomic mass is 9.72. The number of hydrogen-bond acceptors (Lipinski definition) is 4. The quantitative estimate of drug-likeness (QED) is 0.866. The fourth-order valence-corrected chi connectivity index (χ4v) is 3.84. The van der Waals surface area contributed by atoms with E-state index >= 15 is 0 Å². The summed E-state index contributed by atoms with van der Waals surface area (Å²) >= 11 is 0. The second kappa shape index (κ2) is 6.99. The number of carbonyl (C=O) groups is 1. The Hall–Kier alpha value is -1.43. The van der Waals surface area contributed by atoms with Crippen molar-refractivity contribution in [2.45, 2.75) is 37.4 Å². The van der Waals surface area contributed by atoms with Crippen LogP contribution in [0, 0.1) is 0 Å². The molecule has 1 amide bonds. The van der Waals surface area contributed by atoms with Crippen molar-refractivity contribution in [2.24, 2.45) is 0 Å². The standard InChI is InChI=1S/C18H26N2O3/c1-2-23-16-13-20(12-15(16)21)17(22)18(8-10-19-11-9-18)14-6-4-3-5-7-14/h3-7,15-16,19,21H,2,8-13H2,1H3/t15-,16-/m1/s1. The highest BCUT2D eigenvalue weighted by molar-refractivity contribution is 5.89. The Kier molecular flexibility index (Phi) is 4.99. The number of carbonyl (C=O) groups excluding carboxylic acids is 1. The molecule has 0 aromatic heterocycles. The van der Waals surface area contributed by atoms with Gasteiger partial charge in [0.2, 0.25) is 5.91 Å². The van der Waals surface area contributed by atoms with Gasteiger partial charge in [-0.3, -0.25) is 4.79 Å². The van der Waals surface area contributed by atoms with Crippen LogP contribution >= 0.6 is 0 Å². The molecule has 1 aromatic carbocycles. The zero-order chi connectivity index (χ0) is 16.3. The molecule has 126 valence electrons. The van der Waals surface area contributed by atoms with E-state index in [9.17, 15) is 9.90 Å². The van der Waals surface area contributed by atoms with Crippen LogP contribution in [-0.2, 0) is 14.9 Å². The average Bonchev–Trinajstić information content (AvgIpc) is 2.97. The minimum atomic E-state index is -0.589. The van der Waals surface area contributed by atoms with Gasteiger partial charge in [-0.05, 0) is 38.4 Å². The Bertz CT molecular complexity index is 528. The van der Waals surface area contributed by atoms with Crippen LogP contribution in [0.3, 0.4) is 0 Å². The van der Waals surface area contributed by atoms with Gasteiger partial charge in [0.05, 0.1) is 11.5 Å². The second-order valence-corrected chi connectivity index (χ2v) is 6.47. The molecule has 2 aliphatic heterocycles. The van der Waals surface area contributed by atoms with Crippen LogP contribution in [0.25, 0.3) is 0 Å². The number of rotatable bonds is 4. The van der Waals surface area contributed by atoms with E-state index in [1.807, 2.05) is 25.1 Å². The summed E-state index contributed by atoms with van der Waals surface area (Å²) < 4.78 is 5.57. The lowest BCUT2D eigenvalue weighted by Gasteiger charge is -2.39. The summed E-state index contributed by atoms with van der Waals surface area (Å²) in [7, 11) is 0. The van der Waals surface area contributed by atoms with Gasteiger partial charge in [0, 0.05) is 19.7 Å². The number of nitrogens with zero attached hydrogens (tertiary/aromatic N) is 1. The Morgan fingerprint density at radius 3 is 2.65 bits per heavy atom. The second-order valence-electron chi connectivity index (χ2n) is 6.47. The molecule has 0 unspecified atom stereocenters. The van der Waals surface area contributed by atoms with E-state index in [0.717, 1.165) is 31.5 Å². The molecule has 0 saturated carbocycles. The smallest absolute Gasteiger partial charge is 0.233 e. The van der Waals surface area contributed by atoms with Crippen LogP contribution in [0.4, 0.5) is 0 Å². The molecule has 2 fully saturated rings. The molecule has 0 spiro atoms. The van der Waals surface area contributed by atoms with Crippen molar-refractivity contribution >= 4 is 5.91 Å². The third kappa shape index (κ3) is 3.13. The molecule has 2 heterocycles. The molecule has 2 N–H and O–H groups in total. The van der Waals surface area contributed by atoms with Crippen molar-refractivity contribution in [2.75, 3.05) is 32.8 Å². The van der Waals surface area contributed by atoms with E-state index in [2.05, 4.69) is 17.4 Å². The van der Waals surface area contributed by atoms with Gasteiger partial charge < -0.3 is 20.1 Å². The monoisotopic (exact) mass is 318 g/mol. The molecule has 0 bridgehead atoms. The van der Waals surface area contributed by atoms with Crippen molar-refractivity contribution < 1.29 is 14.6 Å². The summed E-state index contributed by atoms with van der Waals surface area (Å²) in [5, 5.41) is 13.5. The SMILES string of the molecule is CCO[C@@H]1CN(C(=O)C2(c3ccccc3)CCNCC2)C[C@H]1O. The minimum absolute atomic E-state index is 0.131. The van der Waals surface area contributed by atoms with E-state index in [0.29, 0.717) is 19.7 Å². The highest BCUT2D eigenvalue weighted by Crippen LogP contribution is 2.36. The van der Waals surface area contributed by atoms with E-state index in [-0.39, 0.29) is 12.0 Å². The summed E-state index contributed by atoms with van der Waals surface area (Å²) in [5.74, 6) is 0.131. The van der Waals surface area contributed by atoms with Crippen molar-refractivity contribution in [3.05, 3.63) is 35.9 Å². The van der Waals surface area contributed by atoms with E-state index in [1.165, 1.54) is 0 Å². The Balaban J connectivity index is 1.85. The maximum Gasteiger partial charge on any atom is 0.233 e. The van der Waals surface area contributed by atoms with E-state index in [4.69, 9.17) is 4.74 Å². The first-order chi connectivity index (χ1) is 11.2. The molecule has 2 aliphatic rings. The first kappa shape index (κ1) is 16.4. The predicted octanol–water partition coefficient (Wildman–Crippen LogP) is 0.916. The average molecular weight is 318 g/mol. The largest absolute Gasteiger partial charge is 0.388 e. The summed E-state index contributed by atoms with van der Waals surface area (Å²) in [4.78, 5) is 15.1. The lowest BCUT2D eigenvalue weighted by molar-refractivity contribution is -0.138. The van der Waals surface area contributed by atoms with Crippen molar-refractivity contribution in [1.29, 1.82) is 0 Å². The number of β-amino-alcohol motifs (C(OH)–C–C–N with tert-alkyl or cyclic N) is 1. The molecule has 23 heavy (non-hydrogen) atoms. The number of aliphatic hydroxyl groups excluding tert-OH is 1. The van der Waals surface area contributed by atoms with Gasteiger partial charge in [-0.25, -0.2) is 0 Å². The molecule has 2 saturated heterocycles. The maximum absolute atomic E-state index is 13.3. The van der Waals surface area contributed by atoms with Crippen LogP contribution < -0.4 is 5.32 Å². The van der Waals surface area contributed by atoms with Gasteiger partial charge in [-0.2, -0.15) is 0 Å². The Morgan fingerprint density at radius 1 is 1.30 bits per heavy atom. The van der Waals surface area contributed by atoms with Crippen LogP contribution in [0.15, 0.2) is 30.3 Å². The zero-order valence-corrected chi connectivity index (χ0v) is 13.7. The third-order valence-corrected chi connectivity index (χ3v) is 5.10. The number of aliphatic hydroxyl groups is 1. The van der Waals surface area contributed by atoms with Gasteiger partial charge in [-0.1, -0.05) is 30.3 Å². The fraction of sp³-hybridized carbons (Fsp3) is 0.611. The molecular weight excluding hydrogens is 292 g/mol. The molecular formula is C18H26N2O3. The van der Waals surface area contributed by atoms with Crippen LogP contribution in [0.1, 0.15) is 25.3 Å². The third-order valence-electron chi connectivity index (χ3n) is 5.10. The van der Waals surface area contributed by atoms with Gasteiger partial charge in [0.15, 0.2) is 0 Å². The minimum Gasteiger partial charge on any atom is -0.388 e. The number of ether oxygens (including phenoxy) is 1. The fourth-order valence-electron chi connectivity index (χ4n) is 3.84. The van der Waals surface area contributed by atoms with Gasteiger partial charge in [0.1, 0.15) is 6.10 Å². The van der Waals surface area contributed by atoms with Crippen LogP contribution in [0.2, 0.25) is 0 Å². The van der Waals surface area contributed by atoms with Gasteiger partial charge >= 0.3 is 0 Å². The Morgan fingerprint density at radius 2 is 2.00 bits per heavy atom. The molecule has 2 atom stereocenters. The zero-order valence-electron chi connectivity index (χ0n) is 13.7. The molecule has 5 heteroatoms. The first-order valence-corrected chi connectivity index (χ1v) is 8.52. The van der Waals surface area contributed by atoms with Gasteiger partial charge in [0.25, 0.3) is 0 Å². The summed E-state index contributed by atoms with van der Waals surface area (Å²) in [6.07, 6.45) is 0.732.